The molecule has 26 heavy (non-hydrogen) atoms. The van der Waals surface area contributed by atoms with E-state index in [1.807, 2.05) is 30.3 Å². The first-order valence-corrected chi connectivity index (χ1v) is 8.10. The van der Waals surface area contributed by atoms with Crippen LogP contribution in [-0.2, 0) is 20.8 Å². The third kappa shape index (κ3) is 3.74. The zero-order valence-corrected chi connectivity index (χ0v) is 14.5. The van der Waals surface area contributed by atoms with Crippen molar-refractivity contribution >= 4 is 17.6 Å². The molecular weight excluding hydrogens is 338 g/mol. The summed E-state index contributed by atoms with van der Waals surface area (Å²) in [5.74, 6) is -0.342. The molecule has 0 spiro atoms. The van der Waals surface area contributed by atoms with Crippen molar-refractivity contribution in [3.63, 3.8) is 0 Å². The van der Waals surface area contributed by atoms with Crippen molar-refractivity contribution in [2.75, 3.05) is 13.7 Å². The largest absolute Gasteiger partial charge is 0.466 e. The number of carbonyl (C=O) groups is 2. The van der Waals surface area contributed by atoms with Crippen molar-refractivity contribution in [2.45, 2.75) is 25.4 Å². The Bertz CT molecular complexity index is 830. The summed E-state index contributed by atoms with van der Waals surface area (Å²) in [6.45, 7) is 1.84. The summed E-state index contributed by atoms with van der Waals surface area (Å²) in [6.07, 6.45) is 0.552. The average molecular weight is 357 g/mol. The number of methoxy groups -OCH3 is 1. The van der Waals surface area contributed by atoms with Gasteiger partial charge in [0.05, 0.1) is 19.4 Å². The average Bonchev–Trinajstić information content (AvgIpc) is 3.27. The molecule has 0 bridgehead atoms. The number of oxime groups is 1. The molecule has 3 rings (SSSR count). The maximum Gasteiger partial charge on any atom is 0.353 e. The quantitative estimate of drug-likeness (QED) is 0.789. The number of ether oxygens (including phenoxy) is 1. The van der Waals surface area contributed by atoms with Gasteiger partial charge in [0.1, 0.15) is 5.76 Å². The van der Waals surface area contributed by atoms with E-state index in [1.54, 1.807) is 6.92 Å². The molecule has 8 nitrogen and oxygen atoms in total. The molecule has 136 valence electrons. The molecule has 1 aliphatic heterocycles. The Morgan fingerprint density at radius 1 is 1.31 bits per heavy atom. The summed E-state index contributed by atoms with van der Waals surface area (Å²) in [5, 5.41) is 10.3. The predicted molar refractivity (Wildman–Crippen MR) is 91.6 cm³/mol. The lowest BCUT2D eigenvalue weighted by Gasteiger charge is -2.23. The first-order valence-electron chi connectivity index (χ1n) is 8.10. The summed E-state index contributed by atoms with van der Waals surface area (Å²) in [6, 6.07) is 11.0. The van der Waals surface area contributed by atoms with Crippen LogP contribution < -0.4 is 5.32 Å². The number of hydrogen-bond acceptors (Lipinski definition) is 7. The van der Waals surface area contributed by atoms with Gasteiger partial charge in [-0.15, -0.1) is 0 Å². The topological polar surface area (TPSA) is 103 Å². The van der Waals surface area contributed by atoms with Gasteiger partial charge < -0.3 is 19.4 Å². The van der Waals surface area contributed by atoms with Crippen LogP contribution >= 0.6 is 0 Å². The number of rotatable bonds is 6. The van der Waals surface area contributed by atoms with Crippen LogP contribution in [0.25, 0.3) is 0 Å². The molecular formula is C18H19N3O5. The number of hydrogen-bond donors (Lipinski definition) is 1. The summed E-state index contributed by atoms with van der Waals surface area (Å²) in [4.78, 5) is 29.8. The van der Waals surface area contributed by atoms with Crippen LogP contribution in [-0.4, -0.2) is 42.0 Å². The smallest absolute Gasteiger partial charge is 0.353 e. The second kappa shape index (κ2) is 7.38. The Labute approximate surface area is 150 Å². The number of carbonyl (C=O) groups excluding carboxylic acids is 2. The van der Waals surface area contributed by atoms with Crippen molar-refractivity contribution < 1.29 is 23.7 Å². The molecule has 1 aliphatic rings. The number of aryl methyl sites for hydroxylation is 1. The molecule has 0 saturated heterocycles. The number of nitrogens with one attached hydrogen (secondary N) is 1. The molecule has 1 unspecified atom stereocenters. The third-order valence-corrected chi connectivity index (χ3v) is 4.04. The van der Waals surface area contributed by atoms with Crippen LogP contribution in [0.1, 0.15) is 28.2 Å². The van der Waals surface area contributed by atoms with E-state index < -0.39 is 11.6 Å². The Balaban J connectivity index is 1.64. The summed E-state index contributed by atoms with van der Waals surface area (Å²) in [7, 11) is 1.31. The number of benzene rings is 1. The molecule has 1 amide bonds. The Morgan fingerprint density at radius 2 is 2.08 bits per heavy atom. The van der Waals surface area contributed by atoms with Crippen LogP contribution in [0.5, 0.6) is 0 Å². The van der Waals surface area contributed by atoms with Crippen molar-refractivity contribution in [1.29, 1.82) is 0 Å². The van der Waals surface area contributed by atoms with Gasteiger partial charge in [0, 0.05) is 18.9 Å². The monoisotopic (exact) mass is 357 g/mol. The first-order chi connectivity index (χ1) is 12.5. The van der Waals surface area contributed by atoms with E-state index in [1.165, 1.54) is 13.2 Å². The second-order valence-electron chi connectivity index (χ2n) is 6.08. The minimum atomic E-state index is -1.22. The Morgan fingerprint density at radius 3 is 2.73 bits per heavy atom. The lowest BCUT2D eigenvalue weighted by molar-refractivity contribution is -0.166. The van der Waals surface area contributed by atoms with Crippen LogP contribution in [0.2, 0.25) is 0 Å². The molecule has 0 radical (unpaired) electrons. The highest BCUT2D eigenvalue weighted by Crippen LogP contribution is 2.29. The maximum absolute atomic E-state index is 12.3. The van der Waals surface area contributed by atoms with Crippen LogP contribution in [0, 0.1) is 6.92 Å². The van der Waals surface area contributed by atoms with E-state index >= 15 is 0 Å². The van der Waals surface area contributed by atoms with E-state index in [0.29, 0.717) is 17.9 Å². The molecule has 1 aromatic heterocycles. The summed E-state index contributed by atoms with van der Waals surface area (Å²) in [5.41, 5.74) is 0.433. The molecule has 8 heteroatoms. The van der Waals surface area contributed by atoms with Gasteiger partial charge in [-0.3, -0.25) is 4.79 Å². The zero-order chi connectivity index (χ0) is 18.6. The zero-order valence-electron chi connectivity index (χ0n) is 14.5. The van der Waals surface area contributed by atoms with Gasteiger partial charge >= 0.3 is 5.97 Å². The van der Waals surface area contributed by atoms with E-state index in [4.69, 9.17) is 14.1 Å². The molecule has 0 fully saturated rings. The predicted octanol–water partition coefficient (Wildman–Crippen LogP) is 1.64. The molecule has 1 atom stereocenters. The fraction of sp³-hybridized carbons (Fsp3) is 0.333. The van der Waals surface area contributed by atoms with E-state index in [2.05, 4.69) is 15.6 Å². The molecule has 1 N–H and O–H groups in total. The number of esters is 1. The highest BCUT2D eigenvalue weighted by molar-refractivity contribution is 5.99. The van der Waals surface area contributed by atoms with Crippen molar-refractivity contribution in [2.24, 2.45) is 5.16 Å². The second-order valence-corrected chi connectivity index (χ2v) is 6.08. The minimum absolute atomic E-state index is 0.137. The van der Waals surface area contributed by atoms with Gasteiger partial charge in [-0.1, -0.05) is 40.6 Å². The molecule has 1 aromatic carbocycles. The van der Waals surface area contributed by atoms with Crippen LogP contribution in [0.3, 0.4) is 0 Å². The van der Waals surface area contributed by atoms with Gasteiger partial charge in [0.15, 0.2) is 5.69 Å². The number of aromatic nitrogens is 1. The lowest BCUT2D eigenvalue weighted by Crippen LogP contribution is -2.43. The van der Waals surface area contributed by atoms with Gasteiger partial charge in [-0.05, 0) is 12.5 Å². The number of amides is 1. The Kier molecular flexibility index (Phi) is 5.01. The maximum atomic E-state index is 12.3. The standard InChI is InChI=1S/C18H19N3O5/c1-12-8-15(21-25-12)16(22)19-11-14-10-18(26-20-14,17(23)24-2)9-13-6-4-3-5-7-13/h3-8H,9-11H2,1-2H3,(H,19,22). The van der Waals surface area contributed by atoms with Gasteiger partial charge in [0.25, 0.3) is 5.91 Å². The van der Waals surface area contributed by atoms with E-state index in [0.717, 1.165) is 5.56 Å². The molecule has 0 saturated carbocycles. The first kappa shape index (κ1) is 17.7. The van der Waals surface area contributed by atoms with Crippen molar-refractivity contribution in [3.8, 4) is 0 Å². The normalized spacial score (nSPS) is 18.8. The number of nitrogens with zero attached hydrogens (tertiary/aromatic N) is 2. The highest BCUT2D eigenvalue weighted by atomic mass is 16.7. The van der Waals surface area contributed by atoms with Gasteiger partial charge in [0.2, 0.25) is 5.60 Å². The lowest BCUT2D eigenvalue weighted by atomic mass is 9.89. The van der Waals surface area contributed by atoms with E-state index in [9.17, 15) is 9.59 Å². The Hall–Kier alpha value is -3.16. The third-order valence-electron chi connectivity index (χ3n) is 4.04. The minimum Gasteiger partial charge on any atom is -0.466 e. The van der Waals surface area contributed by atoms with Crippen molar-refractivity contribution in [1.82, 2.24) is 10.5 Å². The molecule has 0 aliphatic carbocycles. The summed E-state index contributed by atoms with van der Waals surface area (Å²) < 4.78 is 9.78. The van der Waals surface area contributed by atoms with Crippen molar-refractivity contribution in [3.05, 3.63) is 53.4 Å². The van der Waals surface area contributed by atoms with Gasteiger partial charge in [-0.25, -0.2) is 4.79 Å². The van der Waals surface area contributed by atoms with Crippen LogP contribution in [0.4, 0.5) is 0 Å². The highest BCUT2D eigenvalue weighted by Gasteiger charge is 2.47. The van der Waals surface area contributed by atoms with Crippen LogP contribution in [0.15, 0.2) is 46.1 Å². The fourth-order valence-electron chi connectivity index (χ4n) is 2.78. The SMILES string of the molecule is COC(=O)C1(Cc2ccccc2)CC(CNC(=O)c2cc(C)on2)=NO1. The molecule has 2 heterocycles. The van der Waals surface area contributed by atoms with Gasteiger partial charge in [-0.2, -0.15) is 0 Å². The van der Waals surface area contributed by atoms with E-state index in [-0.39, 0.29) is 24.6 Å². The molecule has 2 aromatic rings. The fourth-order valence-corrected chi connectivity index (χ4v) is 2.78. The summed E-state index contributed by atoms with van der Waals surface area (Å²) >= 11 is 0.